The molecule has 0 fully saturated rings. The summed E-state index contributed by atoms with van der Waals surface area (Å²) in [6, 6.07) is 10.9. The van der Waals surface area contributed by atoms with Gasteiger partial charge in [0, 0.05) is 11.1 Å². The first-order chi connectivity index (χ1) is 10.4. The number of benzene rings is 1. The number of amides is 1. The van der Waals surface area contributed by atoms with Crippen LogP contribution in [0.4, 0.5) is 17.3 Å². The van der Waals surface area contributed by atoms with Gasteiger partial charge in [-0.25, -0.2) is 0 Å². The summed E-state index contributed by atoms with van der Waals surface area (Å²) in [5.74, 6) is 1.72. The van der Waals surface area contributed by atoms with Crippen molar-refractivity contribution < 1.29 is 9.53 Å². The molecule has 0 bridgehead atoms. The highest BCUT2D eigenvalue weighted by Gasteiger charge is 2.21. The van der Waals surface area contributed by atoms with Crippen molar-refractivity contribution in [3.05, 3.63) is 36.4 Å². The van der Waals surface area contributed by atoms with Crippen molar-refractivity contribution in [2.24, 2.45) is 5.41 Å². The van der Waals surface area contributed by atoms with Gasteiger partial charge in [0.25, 0.3) is 0 Å². The normalized spacial score (nSPS) is 10.9. The van der Waals surface area contributed by atoms with Crippen molar-refractivity contribution in [3.8, 4) is 5.75 Å². The van der Waals surface area contributed by atoms with E-state index in [9.17, 15) is 4.79 Å². The van der Waals surface area contributed by atoms with Crippen molar-refractivity contribution in [1.29, 1.82) is 0 Å². The number of rotatable bonds is 4. The van der Waals surface area contributed by atoms with Crippen LogP contribution in [0.3, 0.4) is 0 Å². The summed E-state index contributed by atoms with van der Waals surface area (Å²) < 4.78 is 5.10. The van der Waals surface area contributed by atoms with Crippen molar-refractivity contribution in [1.82, 2.24) is 10.2 Å². The maximum absolute atomic E-state index is 11.9. The molecule has 2 N–H and O–H groups in total. The number of nitrogens with one attached hydrogen (secondary N) is 2. The third-order valence-corrected chi connectivity index (χ3v) is 2.95. The van der Waals surface area contributed by atoms with Crippen molar-refractivity contribution in [2.45, 2.75) is 20.8 Å². The molecule has 0 aliphatic heterocycles. The Kier molecular flexibility index (Phi) is 4.60. The summed E-state index contributed by atoms with van der Waals surface area (Å²) >= 11 is 0. The van der Waals surface area contributed by atoms with Crippen molar-refractivity contribution >= 4 is 23.2 Å². The molecule has 2 aromatic rings. The van der Waals surface area contributed by atoms with Crippen LogP contribution in [0.25, 0.3) is 0 Å². The van der Waals surface area contributed by atoms with Crippen LogP contribution in [0, 0.1) is 5.41 Å². The van der Waals surface area contributed by atoms with Crippen molar-refractivity contribution in [3.63, 3.8) is 0 Å². The second-order valence-corrected chi connectivity index (χ2v) is 5.86. The van der Waals surface area contributed by atoms with Gasteiger partial charge in [0.05, 0.1) is 7.11 Å². The van der Waals surface area contributed by atoms with Gasteiger partial charge in [-0.15, -0.1) is 10.2 Å². The molecule has 2 rings (SSSR count). The minimum Gasteiger partial charge on any atom is -0.497 e. The number of ether oxygens (including phenoxy) is 1. The molecule has 0 spiro atoms. The lowest BCUT2D eigenvalue weighted by Gasteiger charge is -2.16. The topological polar surface area (TPSA) is 76.1 Å². The summed E-state index contributed by atoms with van der Waals surface area (Å²) in [6.45, 7) is 5.53. The van der Waals surface area contributed by atoms with E-state index in [1.54, 1.807) is 19.2 Å². The van der Waals surface area contributed by atoms with Gasteiger partial charge in [-0.3, -0.25) is 4.79 Å². The number of hydrogen-bond acceptors (Lipinski definition) is 5. The van der Waals surface area contributed by atoms with E-state index < -0.39 is 5.41 Å². The summed E-state index contributed by atoms with van der Waals surface area (Å²) in [5, 5.41) is 13.9. The number of carbonyl (C=O) groups is 1. The van der Waals surface area contributed by atoms with Gasteiger partial charge >= 0.3 is 0 Å². The predicted octanol–water partition coefficient (Wildman–Crippen LogP) is 3.21. The fourth-order valence-corrected chi connectivity index (χ4v) is 1.59. The quantitative estimate of drug-likeness (QED) is 0.906. The average Bonchev–Trinajstić information content (AvgIpc) is 2.49. The molecule has 0 unspecified atom stereocenters. The summed E-state index contributed by atoms with van der Waals surface area (Å²) in [4.78, 5) is 11.9. The van der Waals surface area contributed by atoms with Gasteiger partial charge in [-0.1, -0.05) is 20.8 Å². The zero-order valence-corrected chi connectivity index (χ0v) is 13.2. The summed E-state index contributed by atoms with van der Waals surface area (Å²) in [7, 11) is 1.62. The zero-order chi connectivity index (χ0) is 16.2. The largest absolute Gasteiger partial charge is 0.497 e. The molecular weight excluding hydrogens is 280 g/mol. The Labute approximate surface area is 129 Å². The van der Waals surface area contributed by atoms with Crippen LogP contribution in [0.5, 0.6) is 5.75 Å². The third-order valence-electron chi connectivity index (χ3n) is 2.95. The van der Waals surface area contributed by atoms with E-state index in [1.165, 1.54) is 0 Å². The maximum Gasteiger partial charge on any atom is 0.230 e. The van der Waals surface area contributed by atoms with Crippen LogP contribution >= 0.6 is 0 Å². The molecule has 116 valence electrons. The highest BCUT2D eigenvalue weighted by Crippen LogP contribution is 2.19. The Morgan fingerprint density at radius 1 is 1.00 bits per heavy atom. The molecule has 1 heterocycles. The zero-order valence-electron chi connectivity index (χ0n) is 13.2. The van der Waals surface area contributed by atoms with E-state index in [0.29, 0.717) is 11.6 Å². The Balaban J connectivity index is 2.01. The van der Waals surface area contributed by atoms with Gasteiger partial charge in [0.15, 0.2) is 11.6 Å². The monoisotopic (exact) mass is 300 g/mol. The third kappa shape index (κ3) is 4.18. The van der Waals surface area contributed by atoms with E-state index in [1.807, 2.05) is 45.0 Å². The van der Waals surface area contributed by atoms with E-state index >= 15 is 0 Å². The number of nitrogens with zero attached hydrogens (tertiary/aromatic N) is 2. The Morgan fingerprint density at radius 3 is 2.09 bits per heavy atom. The molecule has 1 aromatic heterocycles. The second-order valence-electron chi connectivity index (χ2n) is 5.86. The lowest BCUT2D eigenvalue weighted by atomic mass is 9.96. The van der Waals surface area contributed by atoms with Gasteiger partial charge in [-0.05, 0) is 36.4 Å². The highest BCUT2D eigenvalue weighted by molar-refractivity contribution is 5.93. The molecule has 22 heavy (non-hydrogen) atoms. The number of methoxy groups -OCH3 is 1. The fraction of sp³-hybridized carbons (Fsp3) is 0.312. The lowest BCUT2D eigenvalue weighted by Crippen LogP contribution is -2.28. The molecule has 0 aliphatic carbocycles. The first-order valence-corrected chi connectivity index (χ1v) is 6.95. The second kappa shape index (κ2) is 6.43. The first kappa shape index (κ1) is 15.8. The van der Waals surface area contributed by atoms with Gasteiger partial charge in [0.1, 0.15) is 5.75 Å². The van der Waals surface area contributed by atoms with Gasteiger partial charge < -0.3 is 15.4 Å². The molecule has 0 saturated carbocycles. The highest BCUT2D eigenvalue weighted by atomic mass is 16.5. The van der Waals surface area contributed by atoms with E-state index in [2.05, 4.69) is 20.8 Å². The van der Waals surface area contributed by atoms with Crippen molar-refractivity contribution in [2.75, 3.05) is 17.7 Å². The Hall–Kier alpha value is -2.63. The average molecular weight is 300 g/mol. The molecule has 0 radical (unpaired) electrons. The maximum atomic E-state index is 11.9. The van der Waals surface area contributed by atoms with Crippen LogP contribution in [-0.2, 0) is 4.79 Å². The van der Waals surface area contributed by atoms with E-state index in [-0.39, 0.29) is 5.91 Å². The first-order valence-electron chi connectivity index (χ1n) is 6.95. The molecule has 1 amide bonds. The molecular formula is C16H20N4O2. The van der Waals surface area contributed by atoms with E-state index in [4.69, 9.17) is 4.74 Å². The number of aromatic nitrogens is 2. The summed E-state index contributed by atoms with van der Waals surface area (Å²) in [5.41, 5.74) is 0.406. The number of carbonyl (C=O) groups excluding carboxylic acids is 1. The molecule has 6 nitrogen and oxygen atoms in total. The molecule has 6 heteroatoms. The van der Waals surface area contributed by atoms with Crippen LogP contribution in [0.1, 0.15) is 20.8 Å². The van der Waals surface area contributed by atoms with Crippen LogP contribution in [0.15, 0.2) is 36.4 Å². The minimum atomic E-state index is -0.471. The Morgan fingerprint density at radius 2 is 1.59 bits per heavy atom. The predicted molar refractivity (Wildman–Crippen MR) is 86.4 cm³/mol. The number of hydrogen-bond donors (Lipinski definition) is 2. The standard InChI is InChI=1S/C16H20N4O2/c1-16(2,3)15(21)18-14-10-9-13(19-20-14)17-11-5-7-12(22-4)8-6-11/h5-10H,1-4H3,(H,17,19)(H,18,20,21). The SMILES string of the molecule is COc1ccc(Nc2ccc(NC(=O)C(C)(C)C)nn2)cc1. The molecule has 0 saturated heterocycles. The lowest BCUT2D eigenvalue weighted by molar-refractivity contribution is -0.123. The van der Waals surface area contributed by atoms with Gasteiger partial charge in [0.2, 0.25) is 5.91 Å². The molecule has 0 aliphatic rings. The molecule has 1 aromatic carbocycles. The summed E-state index contributed by atoms with van der Waals surface area (Å²) in [6.07, 6.45) is 0. The van der Waals surface area contributed by atoms with Crippen LogP contribution < -0.4 is 15.4 Å². The van der Waals surface area contributed by atoms with E-state index in [0.717, 1.165) is 11.4 Å². The molecule has 0 atom stereocenters. The van der Waals surface area contributed by atoms with Crippen LogP contribution in [0.2, 0.25) is 0 Å². The van der Waals surface area contributed by atoms with Gasteiger partial charge in [-0.2, -0.15) is 0 Å². The number of anilines is 3. The van der Waals surface area contributed by atoms with Crippen LogP contribution in [-0.4, -0.2) is 23.2 Å². The minimum absolute atomic E-state index is 0.0994. The smallest absolute Gasteiger partial charge is 0.230 e. The fourth-order valence-electron chi connectivity index (χ4n) is 1.59. The Bertz CT molecular complexity index is 631.